The SMILES string of the molecule is CCc1ccc2c(c1)CCN2S(=O)(=O)NC(C)(C)C. The predicted molar refractivity (Wildman–Crippen MR) is 78.7 cm³/mol. The van der Waals surface area contributed by atoms with Crippen molar-refractivity contribution >= 4 is 15.9 Å². The van der Waals surface area contributed by atoms with Gasteiger partial charge in [0.25, 0.3) is 0 Å². The molecule has 0 amide bonds. The van der Waals surface area contributed by atoms with Crippen molar-refractivity contribution in [3.8, 4) is 0 Å². The van der Waals surface area contributed by atoms with Gasteiger partial charge >= 0.3 is 10.2 Å². The van der Waals surface area contributed by atoms with Gasteiger partial charge in [-0.3, -0.25) is 4.31 Å². The maximum Gasteiger partial charge on any atom is 0.302 e. The van der Waals surface area contributed by atoms with Crippen molar-refractivity contribution in [2.75, 3.05) is 10.8 Å². The minimum Gasteiger partial charge on any atom is -0.257 e. The van der Waals surface area contributed by atoms with E-state index < -0.39 is 15.7 Å². The van der Waals surface area contributed by atoms with Crippen LogP contribution in [-0.4, -0.2) is 20.5 Å². The quantitative estimate of drug-likeness (QED) is 0.924. The molecule has 0 bridgehead atoms. The van der Waals surface area contributed by atoms with Gasteiger partial charge in [-0.25, -0.2) is 0 Å². The van der Waals surface area contributed by atoms with Crippen LogP contribution in [0.2, 0.25) is 0 Å². The van der Waals surface area contributed by atoms with Crippen LogP contribution in [0.5, 0.6) is 0 Å². The molecule has 0 spiro atoms. The topological polar surface area (TPSA) is 49.4 Å². The number of hydrogen-bond donors (Lipinski definition) is 1. The van der Waals surface area contributed by atoms with Crippen LogP contribution in [0.4, 0.5) is 5.69 Å². The number of hydrogen-bond acceptors (Lipinski definition) is 2. The molecule has 5 heteroatoms. The Kier molecular flexibility index (Phi) is 3.62. The van der Waals surface area contributed by atoms with Crippen LogP contribution in [0.3, 0.4) is 0 Å². The summed E-state index contributed by atoms with van der Waals surface area (Å²) in [5.41, 5.74) is 2.72. The van der Waals surface area contributed by atoms with Gasteiger partial charge in [0, 0.05) is 12.1 Å². The summed E-state index contributed by atoms with van der Waals surface area (Å²) in [6, 6.07) is 6.04. The smallest absolute Gasteiger partial charge is 0.257 e. The fourth-order valence-electron chi connectivity index (χ4n) is 2.34. The zero-order valence-corrected chi connectivity index (χ0v) is 12.8. The molecule has 0 radical (unpaired) electrons. The van der Waals surface area contributed by atoms with Gasteiger partial charge in [0.1, 0.15) is 0 Å². The van der Waals surface area contributed by atoms with Crippen molar-refractivity contribution in [1.29, 1.82) is 0 Å². The number of fused-ring (bicyclic) bond motifs is 1. The lowest BCUT2D eigenvalue weighted by atomic mass is 10.1. The van der Waals surface area contributed by atoms with Crippen molar-refractivity contribution in [3.05, 3.63) is 29.3 Å². The minimum absolute atomic E-state index is 0.467. The fraction of sp³-hybridized carbons (Fsp3) is 0.571. The second kappa shape index (κ2) is 4.80. The third-order valence-electron chi connectivity index (χ3n) is 3.13. The summed E-state index contributed by atoms with van der Waals surface area (Å²) in [4.78, 5) is 0. The first kappa shape index (κ1) is 14.3. The van der Waals surface area contributed by atoms with Crippen LogP contribution in [0.25, 0.3) is 0 Å². The molecule has 1 aromatic rings. The Morgan fingerprint density at radius 2 is 2.00 bits per heavy atom. The first-order chi connectivity index (χ1) is 8.73. The van der Waals surface area contributed by atoms with Gasteiger partial charge in [-0.2, -0.15) is 13.1 Å². The van der Waals surface area contributed by atoms with Crippen molar-refractivity contribution in [2.45, 2.75) is 46.1 Å². The van der Waals surface area contributed by atoms with Crippen LogP contribution >= 0.6 is 0 Å². The summed E-state index contributed by atoms with van der Waals surface area (Å²) in [6.45, 7) is 8.17. The van der Waals surface area contributed by atoms with Crippen LogP contribution in [0, 0.1) is 0 Å². The van der Waals surface area contributed by atoms with Crippen LogP contribution in [0.1, 0.15) is 38.8 Å². The zero-order valence-electron chi connectivity index (χ0n) is 12.0. The van der Waals surface area contributed by atoms with Crippen molar-refractivity contribution in [1.82, 2.24) is 4.72 Å². The van der Waals surface area contributed by atoms with Gasteiger partial charge in [0.15, 0.2) is 0 Å². The molecule has 4 nitrogen and oxygen atoms in total. The summed E-state index contributed by atoms with van der Waals surface area (Å²) < 4.78 is 28.9. The second-order valence-electron chi connectivity index (χ2n) is 6.00. The molecule has 0 saturated carbocycles. The average Bonchev–Trinajstić information content (AvgIpc) is 2.68. The highest BCUT2D eigenvalue weighted by Crippen LogP contribution is 2.31. The molecule has 0 aliphatic carbocycles. The molecule has 0 aromatic heterocycles. The van der Waals surface area contributed by atoms with Crippen LogP contribution in [-0.2, 0) is 23.1 Å². The lowest BCUT2D eigenvalue weighted by Gasteiger charge is -2.26. The molecule has 0 atom stereocenters. The zero-order chi connectivity index (χ0) is 14.3. The van der Waals surface area contributed by atoms with E-state index in [-0.39, 0.29) is 0 Å². The Bertz CT molecular complexity index is 574. The largest absolute Gasteiger partial charge is 0.302 e. The Morgan fingerprint density at radius 3 is 2.58 bits per heavy atom. The third-order valence-corrected chi connectivity index (χ3v) is 4.96. The summed E-state index contributed by atoms with van der Waals surface area (Å²) >= 11 is 0. The Balaban J connectivity index is 2.32. The molecule has 1 heterocycles. The predicted octanol–water partition coefficient (Wildman–Crippen LogP) is 2.24. The Hall–Kier alpha value is -1.07. The van der Waals surface area contributed by atoms with E-state index in [1.54, 1.807) is 0 Å². The van der Waals surface area contributed by atoms with E-state index in [4.69, 9.17) is 0 Å². The fourth-order valence-corrected chi connectivity index (χ4v) is 3.99. The summed E-state index contributed by atoms with van der Waals surface area (Å²) in [5, 5.41) is 0. The summed E-state index contributed by atoms with van der Waals surface area (Å²) in [7, 11) is -3.47. The van der Waals surface area contributed by atoms with Gasteiger partial charge in [-0.1, -0.05) is 19.1 Å². The Morgan fingerprint density at radius 1 is 1.32 bits per heavy atom. The maximum absolute atomic E-state index is 12.4. The standard InChI is InChI=1S/C14H22N2O2S/c1-5-11-6-7-13-12(10-11)8-9-16(13)19(17,18)15-14(2,3)4/h6-7,10,15H,5,8-9H2,1-4H3. The van der Waals surface area contributed by atoms with E-state index in [0.717, 1.165) is 24.1 Å². The van der Waals surface area contributed by atoms with E-state index in [2.05, 4.69) is 17.7 Å². The molecule has 0 unspecified atom stereocenters. The molecule has 0 fully saturated rings. The molecule has 2 rings (SSSR count). The first-order valence-corrected chi connectivity index (χ1v) is 8.10. The third kappa shape index (κ3) is 3.09. The van der Waals surface area contributed by atoms with E-state index >= 15 is 0 Å². The van der Waals surface area contributed by atoms with Crippen molar-refractivity contribution in [3.63, 3.8) is 0 Å². The van der Waals surface area contributed by atoms with E-state index in [1.165, 1.54) is 9.87 Å². The van der Waals surface area contributed by atoms with Gasteiger partial charge in [0.05, 0.1) is 5.69 Å². The van der Waals surface area contributed by atoms with E-state index in [1.807, 2.05) is 32.9 Å². The average molecular weight is 282 g/mol. The molecule has 106 valence electrons. The number of aryl methyl sites for hydroxylation is 1. The molecule has 0 saturated heterocycles. The van der Waals surface area contributed by atoms with Crippen LogP contribution < -0.4 is 9.03 Å². The molecule has 19 heavy (non-hydrogen) atoms. The molecule has 1 N–H and O–H groups in total. The van der Waals surface area contributed by atoms with E-state index in [9.17, 15) is 8.42 Å². The van der Waals surface area contributed by atoms with Gasteiger partial charge in [-0.05, 0) is 50.8 Å². The second-order valence-corrected chi connectivity index (χ2v) is 7.59. The lowest BCUT2D eigenvalue weighted by molar-refractivity contribution is 0.489. The van der Waals surface area contributed by atoms with Gasteiger partial charge in [-0.15, -0.1) is 0 Å². The normalized spacial score (nSPS) is 15.7. The highest BCUT2D eigenvalue weighted by molar-refractivity contribution is 7.91. The molecular formula is C14H22N2O2S. The highest BCUT2D eigenvalue weighted by atomic mass is 32.2. The monoisotopic (exact) mass is 282 g/mol. The van der Waals surface area contributed by atoms with Gasteiger partial charge < -0.3 is 0 Å². The first-order valence-electron chi connectivity index (χ1n) is 6.66. The number of nitrogens with zero attached hydrogens (tertiary/aromatic N) is 1. The molecule has 1 aromatic carbocycles. The summed E-state index contributed by atoms with van der Waals surface area (Å²) in [6.07, 6.45) is 1.76. The molecular weight excluding hydrogens is 260 g/mol. The van der Waals surface area contributed by atoms with Crippen molar-refractivity contribution in [2.24, 2.45) is 0 Å². The molecule has 1 aliphatic rings. The molecule has 1 aliphatic heterocycles. The Labute approximate surface area is 116 Å². The van der Waals surface area contributed by atoms with E-state index in [0.29, 0.717) is 6.54 Å². The summed E-state index contributed by atoms with van der Waals surface area (Å²) in [5.74, 6) is 0. The number of benzene rings is 1. The lowest BCUT2D eigenvalue weighted by Crippen LogP contribution is -2.48. The highest BCUT2D eigenvalue weighted by Gasteiger charge is 2.32. The number of rotatable bonds is 3. The maximum atomic E-state index is 12.4. The number of anilines is 1. The minimum atomic E-state index is -3.47. The van der Waals surface area contributed by atoms with Crippen LogP contribution in [0.15, 0.2) is 18.2 Å². The van der Waals surface area contributed by atoms with Gasteiger partial charge in [0.2, 0.25) is 0 Å². The number of nitrogens with one attached hydrogen (secondary N) is 1. The van der Waals surface area contributed by atoms with Crippen molar-refractivity contribution < 1.29 is 8.42 Å².